The van der Waals surface area contributed by atoms with Gasteiger partial charge in [0.05, 0.1) is 0 Å². The molecule has 0 heterocycles. The number of rotatable bonds is 1. The third-order valence-electron chi connectivity index (χ3n) is 0.136. The van der Waals surface area contributed by atoms with Gasteiger partial charge in [-0.2, -0.15) is 6.58 Å². The van der Waals surface area contributed by atoms with Crippen molar-refractivity contribution in [2.45, 2.75) is 0 Å². The minimum absolute atomic E-state index is 0. The Morgan fingerprint density at radius 3 is 1.80 bits per heavy atom. The Labute approximate surface area is 57.8 Å². The average molecular weight is 142 g/mol. The molecule has 0 aliphatic heterocycles. The molecule has 22 valence electrons. The summed E-state index contributed by atoms with van der Waals surface area (Å²) in [5.74, 6) is 0. The van der Waals surface area contributed by atoms with Crippen LogP contribution in [0.4, 0.5) is 0 Å². The molecule has 0 bridgehead atoms. The van der Waals surface area contributed by atoms with E-state index in [1.165, 1.54) is 12.2 Å². The average Bonchev–Trinajstić information content (AvgIpc) is 1.37. The Morgan fingerprint density at radius 2 is 1.80 bits per heavy atom. The van der Waals surface area contributed by atoms with E-state index < -0.39 is 0 Å². The van der Waals surface area contributed by atoms with E-state index in [4.69, 9.17) is 6.58 Å². The van der Waals surface area contributed by atoms with Gasteiger partial charge in [0.15, 0.2) is 0 Å². The Bertz CT molecular complexity index is 24.6. The maximum atomic E-state index is 4.78. The topological polar surface area (TPSA) is 0 Å². The van der Waals surface area contributed by atoms with Gasteiger partial charge in [-0.05, 0) is 0 Å². The molecule has 0 spiro atoms. The molecule has 1 heteroatoms. The molecule has 0 saturated heterocycles. The first kappa shape index (κ1) is 9.13. The predicted octanol–water partition coefficient (Wildman–Crippen LogP) is 1.16. The number of hydrogen-bond acceptors (Lipinski definition) is 0. The van der Waals surface area contributed by atoms with E-state index in [-0.39, 0.29) is 32.7 Å². The molecule has 0 unspecified atom stereocenters. The van der Waals surface area contributed by atoms with Gasteiger partial charge in [-0.3, -0.25) is 6.58 Å². The summed E-state index contributed by atoms with van der Waals surface area (Å²) in [5, 5.41) is 0. The summed E-state index contributed by atoms with van der Waals surface area (Å²) >= 11 is 0. The van der Waals surface area contributed by atoms with Crippen molar-refractivity contribution in [3.63, 3.8) is 0 Å². The zero-order valence-electron chi connectivity index (χ0n) is 3.02. The van der Waals surface area contributed by atoms with E-state index in [2.05, 4.69) is 6.58 Å². The SMILES string of the molecule is [CH-]=CC=C.[Y+3]. The summed E-state index contributed by atoms with van der Waals surface area (Å²) in [7, 11) is 0. The summed E-state index contributed by atoms with van der Waals surface area (Å²) in [4.78, 5) is 0. The quantitative estimate of drug-likeness (QED) is 0.380. The van der Waals surface area contributed by atoms with E-state index in [0.29, 0.717) is 0 Å². The fraction of sp³-hybridized carbons (Fsp3) is 0. The van der Waals surface area contributed by atoms with E-state index in [1.54, 1.807) is 0 Å². The first-order valence-corrected chi connectivity index (χ1v) is 1.07. The molecule has 0 fully saturated rings. The van der Waals surface area contributed by atoms with Gasteiger partial charge in [0, 0.05) is 0 Å². The van der Waals surface area contributed by atoms with Crippen molar-refractivity contribution in [3.05, 3.63) is 25.3 Å². The van der Waals surface area contributed by atoms with Crippen LogP contribution in [0.25, 0.3) is 0 Å². The fourth-order valence-corrected chi connectivity index (χ4v) is 0. The van der Waals surface area contributed by atoms with Gasteiger partial charge in [0.25, 0.3) is 0 Å². The smallest absolute Gasteiger partial charge is 0.293 e. The van der Waals surface area contributed by atoms with Crippen molar-refractivity contribution in [1.29, 1.82) is 0 Å². The molecule has 0 aliphatic carbocycles. The first-order chi connectivity index (χ1) is 1.91. The zero-order valence-corrected chi connectivity index (χ0v) is 5.85. The number of hydrogen-bond donors (Lipinski definition) is 0. The molecular formula is C4H5Y+2. The normalized spacial score (nSPS) is 4.00. The predicted molar refractivity (Wildman–Crippen MR) is 19.1 cm³/mol. The molecular weight excluding hydrogens is 137 g/mol. The minimum Gasteiger partial charge on any atom is -0.293 e. The molecule has 0 aromatic rings. The molecule has 0 aromatic carbocycles. The maximum absolute atomic E-state index is 4.78. The Kier molecular flexibility index (Phi) is 16.1. The van der Waals surface area contributed by atoms with Gasteiger partial charge in [-0.25, -0.2) is 12.2 Å². The molecule has 0 rings (SSSR count). The Morgan fingerprint density at radius 1 is 1.60 bits per heavy atom. The van der Waals surface area contributed by atoms with Crippen LogP contribution < -0.4 is 0 Å². The molecule has 0 N–H and O–H groups in total. The van der Waals surface area contributed by atoms with Gasteiger partial charge in [-0.1, -0.05) is 0 Å². The second kappa shape index (κ2) is 8.82. The molecule has 0 atom stereocenters. The summed E-state index contributed by atoms with van der Waals surface area (Å²) < 4.78 is 0. The molecule has 0 nitrogen and oxygen atoms in total. The largest absolute Gasteiger partial charge is 3.00 e. The Balaban J connectivity index is 0. The third-order valence-corrected chi connectivity index (χ3v) is 0.136. The van der Waals surface area contributed by atoms with Crippen LogP contribution in [0.2, 0.25) is 0 Å². The molecule has 0 aromatic heterocycles. The summed E-state index contributed by atoms with van der Waals surface area (Å²) in [6, 6.07) is 0. The van der Waals surface area contributed by atoms with Gasteiger partial charge in [0.1, 0.15) is 0 Å². The molecule has 5 heavy (non-hydrogen) atoms. The van der Waals surface area contributed by atoms with E-state index in [9.17, 15) is 0 Å². The summed E-state index contributed by atoms with van der Waals surface area (Å²) in [5.41, 5.74) is 0. The van der Waals surface area contributed by atoms with E-state index in [0.717, 1.165) is 0 Å². The molecule has 0 amide bonds. The van der Waals surface area contributed by atoms with Crippen molar-refractivity contribution in [3.8, 4) is 0 Å². The van der Waals surface area contributed by atoms with Crippen molar-refractivity contribution in [2.75, 3.05) is 0 Å². The van der Waals surface area contributed by atoms with Crippen molar-refractivity contribution in [2.24, 2.45) is 0 Å². The van der Waals surface area contributed by atoms with Gasteiger partial charge < -0.3 is 0 Å². The van der Waals surface area contributed by atoms with Gasteiger partial charge in [-0.15, -0.1) is 0 Å². The van der Waals surface area contributed by atoms with Gasteiger partial charge in [0.2, 0.25) is 0 Å². The first-order valence-electron chi connectivity index (χ1n) is 1.07. The van der Waals surface area contributed by atoms with Crippen LogP contribution in [0.5, 0.6) is 0 Å². The standard InChI is InChI=1S/C4H5.Y/c1-3-4-2;/h1,3-4H,2H2;/q-1;+3. The summed E-state index contributed by atoms with van der Waals surface area (Å²) in [6.45, 7) is 8.08. The number of allylic oxidation sites excluding steroid dienone is 2. The van der Waals surface area contributed by atoms with Crippen LogP contribution in [0.15, 0.2) is 18.7 Å². The van der Waals surface area contributed by atoms with Crippen LogP contribution in [0.3, 0.4) is 0 Å². The van der Waals surface area contributed by atoms with Crippen LogP contribution in [-0.2, 0) is 32.7 Å². The third kappa shape index (κ3) is 12.2. The molecule has 0 saturated carbocycles. The zero-order chi connectivity index (χ0) is 3.41. The van der Waals surface area contributed by atoms with Crippen LogP contribution in [-0.4, -0.2) is 0 Å². The molecule has 0 aliphatic rings. The second-order valence-corrected chi connectivity index (χ2v) is 0.428. The Hall–Kier alpha value is 0.584. The van der Waals surface area contributed by atoms with Crippen LogP contribution >= 0.6 is 0 Å². The minimum atomic E-state index is 0. The van der Waals surface area contributed by atoms with Crippen LogP contribution in [0, 0.1) is 6.58 Å². The van der Waals surface area contributed by atoms with Crippen LogP contribution in [0.1, 0.15) is 0 Å². The summed E-state index contributed by atoms with van der Waals surface area (Å²) in [6.07, 6.45) is 2.92. The fourth-order valence-electron chi connectivity index (χ4n) is 0. The maximum Gasteiger partial charge on any atom is 3.00 e. The second-order valence-electron chi connectivity index (χ2n) is 0.428. The van der Waals surface area contributed by atoms with E-state index in [1.807, 2.05) is 0 Å². The van der Waals surface area contributed by atoms with Crippen molar-refractivity contribution >= 4 is 0 Å². The van der Waals surface area contributed by atoms with Gasteiger partial charge >= 0.3 is 32.7 Å². The van der Waals surface area contributed by atoms with E-state index >= 15 is 0 Å². The van der Waals surface area contributed by atoms with Crippen molar-refractivity contribution in [1.82, 2.24) is 0 Å². The van der Waals surface area contributed by atoms with Crippen molar-refractivity contribution < 1.29 is 32.7 Å². The molecule has 0 radical (unpaired) electrons. The monoisotopic (exact) mass is 142 g/mol.